The van der Waals surface area contributed by atoms with Gasteiger partial charge in [0.15, 0.2) is 0 Å². The van der Waals surface area contributed by atoms with Gasteiger partial charge in [-0.15, -0.1) is 12.4 Å². The van der Waals surface area contributed by atoms with Gasteiger partial charge in [-0.1, -0.05) is 0 Å². The van der Waals surface area contributed by atoms with Gasteiger partial charge in [0.05, 0.1) is 17.1 Å². The van der Waals surface area contributed by atoms with Gasteiger partial charge in [0, 0.05) is 0 Å². The van der Waals surface area contributed by atoms with Gasteiger partial charge in [-0.2, -0.15) is 5.10 Å². The van der Waals surface area contributed by atoms with Crippen LogP contribution in [-0.4, -0.2) is 20.9 Å². The number of aliphatic carboxylic acids is 1. The molecule has 1 aromatic heterocycles. The standard InChI is InChI=1S/C8H13N3O2.ClH/c1-4-7(9)5(2)11(10-4)6(3)8(12)13;/h6H,9H2,1-3H3,(H,12,13);1H. The summed E-state index contributed by atoms with van der Waals surface area (Å²) in [6.45, 7) is 5.09. The molecule has 5 nitrogen and oxygen atoms in total. The number of rotatable bonds is 2. The molecule has 0 aliphatic carbocycles. The van der Waals surface area contributed by atoms with E-state index in [2.05, 4.69) is 5.10 Å². The van der Waals surface area contributed by atoms with Crippen LogP contribution in [0, 0.1) is 13.8 Å². The zero-order chi connectivity index (χ0) is 10.2. The molecule has 1 aromatic rings. The molecule has 6 heteroatoms. The smallest absolute Gasteiger partial charge is 0.328 e. The number of nitrogen functional groups attached to an aromatic ring is 1. The monoisotopic (exact) mass is 219 g/mol. The van der Waals surface area contributed by atoms with Crippen LogP contribution >= 0.6 is 12.4 Å². The van der Waals surface area contributed by atoms with E-state index >= 15 is 0 Å². The zero-order valence-corrected chi connectivity index (χ0v) is 9.13. The van der Waals surface area contributed by atoms with Crippen LogP contribution in [-0.2, 0) is 4.79 Å². The van der Waals surface area contributed by atoms with Crippen LogP contribution in [0.3, 0.4) is 0 Å². The first-order valence-corrected chi connectivity index (χ1v) is 3.99. The predicted molar refractivity (Wildman–Crippen MR) is 55.7 cm³/mol. The van der Waals surface area contributed by atoms with Gasteiger partial charge < -0.3 is 10.8 Å². The lowest BCUT2D eigenvalue weighted by molar-refractivity contribution is -0.140. The van der Waals surface area contributed by atoms with Crippen LogP contribution in [0.2, 0.25) is 0 Å². The minimum absolute atomic E-state index is 0. The molecule has 0 radical (unpaired) electrons. The van der Waals surface area contributed by atoms with Gasteiger partial charge in [-0.3, -0.25) is 4.68 Å². The molecule has 0 aromatic carbocycles. The summed E-state index contributed by atoms with van der Waals surface area (Å²) < 4.78 is 1.42. The number of carboxylic acid groups (broad SMARTS) is 1. The predicted octanol–water partition coefficient (Wildman–Crippen LogP) is 1.15. The Kier molecular flexibility index (Phi) is 3.94. The van der Waals surface area contributed by atoms with Crippen molar-refractivity contribution in [3.63, 3.8) is 0 Å². The van der Waals surface area contributed by atoms with Crippen molar-refractivity contribution in [1.82, 2.24) is 9.78 Å². The normalized spacial score (nSPS) is 11.9. The maximum absolute atomic E-state index is 10.7. The Morgan fingerprint density at radius 3 is 2.36 bits per heavy atom. The average molecular weight is 220 g/mol. The molecule has 0 amide bonds. The minimum atomic E-state index is -0.911. The second-order valence-electron chi connectivity index (χ2n) is 3.04. The molecule has 1 rings (SSSR count). The molecule has 3 N–H and O–H groups in total. The van der Waals surface area contributed by atoms with Crippen molar-refractivity contribution in [3.05, 3.63) is 11.4 Å². The third-order valence-corrected chi connectivity index (χ3v) is 2.11. The highest BCUT2D eigenvalue weighted by atomic mass is 35.5. The molecule has 0 saturated heterocycles. The molecule has 80 valence electrons. The second-order valence-corrected chi connectivity index (χ2v) is 3.04. The zero-order valence-electron chi connectivity index (χ0n) is 8.31. The third-order valence-electron chi connectivity index (χ3n) is 2.11. The van der Waals surface area contributed by atoms with E-state index in [0.717, 1.165) is 0 Å². The molecule has 0 aliphatic rings. The minimum Gasteiger partial charge on any atom is -0.480 e. The number of hydrogen-bond acceptors (Lipinski definition) is 3. The largest absolute Gasteiger partial charge is 0.480 e. The molecule has 1 atom stereocenters. The van der Waals surface area contributed by atoms with E-state index in [4.69, 9.17) is 10.8 Å². The number of nitrogens with zero attached hydrogens (tertiary/aromatic N) is 2. The number of anilines is 1. The number of aromatic nitrogens is 2. The van der Waals surface area contributed by atoms with Crippen LogP contribution in [0.1, 0.15) is 24.4 Å². The summed E-state index contributed by atoms with van der Waals surface area (Å²) in [5.74, 6) is -0.911. The molecule has 14 heavy (non-hydrogen) atoms. The third kappa shape index (κ3) is 1.98. The first kappa shape index (κ1) is 12.8. The van der Waals surface area contributed by atoms with Crippen molar-refractivity contribution in [1.29, 1.82) is 0 Å². The molecular weight excluding hydrogens is 206 g/mol. The Bertz CT molecular complexity index is 349. The molecule has 0 saturated carbocycles. The fourth-order valence-electron chi connectivity index (χ4n) is 1.16. The number of halogens is 1. The first-order chi connectivity index (χ1) is 5.95. The summed E-state index contributed by atoms with van der Waals surface area (Å²) in [5, 5.41) is 12.8. The lowest BCUT2D eigenvalue weighted by Gasteiger charge is -2.08. The molecule has 1 heterocycles. The highest BCUT2D eigenvalue weighted by Gasteiger charge is 2.18. The molecule has 0 bridgehead atoms. The van der Waals surface area contributed by atoms with Gasteiger partial charge >= 0.3 is 5.97 Å². The number of hydrogen-bond donors (Lipinski definition) is 2. The van der Waals surface area contributed by atoms with Crippen molar-refractivity contribution >= 4 is 24.1 Å². The highest BCUT2D eigenvalue weighted by molar-refractivity contribution is 5.85. The number of carbonyl (C=O) groups is 1. The SMILES string of the molecule is Cc1nn(C(C)C(=O)O)c(C)c1N.Cl. The van der Waals surface area contributed by atoms with Gasteiger partial charge in [-0.25, -0.2) is 4.79 Å². The number of aryl methyl sites for hydroxylation is 1. The van der Waals surface area contributed by atoms with Crippen molar-refractivity contribution in [2.75, 3.05) is 5.73 Å². The first-order valence-electron chi connectivity index (χ1n) is 3.99. The van der Waals surface area contributed by atoms with Crippen molar-refractivity contribution in [3.8, 4) is 0 Å². The van der Waals surface area contributed by atoms with E-state index in [1.807, 2.05) is 0 Å². The lowest BCUT2D eigenvalue weighted by atomic mass is 10.3. The Labute approximate surface area is 88.3 Å². The fourth-order valence-corrected chi connectivity index (χ4v) is 1.16. The summed E-state index contributed by atoms with van der Waals surface area (Å²) in [6, 6.07) is -0.670. The molecule has 0 spiro atoms. The van der Waals surface area contributed by atoms with E-state index < -0.39 is 12.0 Å². The van der Waals surface area contributed by atoms with E-state index in [9.17, 15) is 4.79 Å². The van der Waals surface area contributed by atoms with E-state index in [1.165, 1.54) is 4.68 Å². The highest BCUT2D eigenvalue weighted by Crippen LogP contribution is 2.18. The van der Waals surface area contributed by atoms with Gasteiger partial charge in [0.2, 0.25) is 0 Å². The summed E-state index contributed by atoms with van der Waals surface area (Å²) in [7, 11) is 0. The molecule has 0 fully saturated rings. The number of nitrogens with two attached hydrogens (primary N) is 1. The topological polar surface area (TPSA) is 81.1 Å². The maximum Gasteiger partial charge on any atom is 0.328 e. The van der Waals surface area contributed by atoms with Crippen LogP contribution < -0.4 is 5.73 Å². The quantitative estimate of drug-likeness (QED) is 0.782. The van der Waals surface area contributed by atoms with E-state index in [1.54, 1.807) is 20.8 Å². The summed E-state index contributed by atoms with van der Waals surface area (Å²) in [6.07, 6.45) is 0. The summed E-state index contributed by atoms with van der Waals surface area (Å²) in [4.78, 5) is 10.7. The van der Waals surface area contributed by atoms with Crippen molar-refractivity contribution < 1.29 is 9.90 Å². The summed E-state index contributed by atoms with van der Waals surface area (Å²) in [5.41, 5.74) is 7.60. The Morgan fingerprint density at radius 2 is 2.07 bits per heavy atom. The Hall–Kier alpha value is -1.23. The van der Waals surface area contributed by atoms with Crippen LogP contribution in [0.4, 0.5) is 5.69 Å². The van der Waals surface area contributed by atoms with Gasteiger partial charge in [0.25, 0.3) is 0 Å². The van der Waals surface area contributed by atoms with Gasteiger partial charge in [-0.05, 0) is 20.8 Å². The fraction of sp³-hybridized carbons (Fsp3) is 0.500. The second kappa shape index (κ2) is 4.32. The maximum atomic E-state index is 10.7. The van der Waals surface area contributed by atoms with Crippen LogP contribution in [0.15, 0.2) is 0 Å². The van der Waals surface area contributed by atoms with Gasteiger partial charge in [0.1, 0.15) is 6.04 Å². The Balaban J connectivity index is 0.00000169. The Morgan fingerprint density at radius 1 is 1.57 bits per heavy atom. The van der Waals surface area contributed by atoms with Crippen LogP contribution in [0.5, 0.6) is 0 Å². The van der Waals surface area contributed by atoms with Crippen molar-refractivity contribution in [2.24, 2.45) is 0 Å². The summed E-state index contributed by atoms with van der Waals surface area (Å²) >= 11 is 0. The average Bonchev–Trinajstić information content (AvgIpc) is 2.31. The van der Waals surface area contributed by atoms with Crippen LogP contribution in [0.25, 0.3) is 0 Å². The molecule has 1 unspecified atom stereocenters. The number of carboxylic acids is 1. The van der Waals surface area contributed by atoms with Crippen molar-refractivity contribution in [2.45, 2.75) is 26.8 Å². The molecule has 0 aliphatic heterocycles. The molecular formula is C8H14ClN3O2. The van der Waals surface area contributed by atoms with E-state index in [-0.39, 0.29) is 12.4 Å². The van der Waals surface area contributed by atoms with E-state index in [0.29, 0.717) is 17.1 Å². The lowest BCUT2D eigenvalue weighted by Crippen LogP contribution is -2.18.